The molecule has 1 saturated carbocycles. The second-order valence-corrected chi connectivity index (χ2v) is 5.51. The highest BCUT2D eigenvalue weighted by Crippen LogP contribution is 2.41. The topological polar surface area (TPSA) is 56.7 Å². The molecule has 4 nitrogen and oxygen atoms in total. The molecule has 20 heavy (non-hydrogen) atoms. The third-order valence-electron chi connectivity index (χ3n) is 3.77. The van der Waals surface area contributed by atoms with Gasteiger partial charge in [0.15, 0.2) is 5.82 Å². The normalized spacial score (nSPS) is 14.8. The Morgan fingerprint density at radius 2 is 2.05 bits per heavy atom. The minimum atomic E-state index is 0.567. The van der Waals surface area contributed by atoms with E-state index in [9.17, 15) is 0 Å². The van der Waals surface area contributed by atoms with Crippen LogP contribution < -0.4 is 5.73 Å². The largest absolute Gasteiger partial charge is 0.397 e. The first kappa shape index (κ1) is 11.5. The molecule has 0 unspecified atom stereocenters. The van der Waals surface area contributed by atoms with E-state index in [0.29, 0.717) is 11.7 Å². The highest BCUT2D eigenvalue weighted by Gasteiger charge is 2.29. The molecular weight excluding hydrogens is 248 g/mol. The lowest BCUT2D eigenvalue weighted by Gasteiger charge is -2.07. The first-order chi connectivity index (χ1) is 9.72. The first-order valence-electron chi connectivity index (χ1n) is 6.93. The number of rotatable bonds is 2. The Kier molecular flexibility index (Phi) is 2.33. The van der Waals surface area contributed by atoms with Crippen LogP contribution in [0.2, 0.25) is 0 Å². The molecule has 2 N–H and O–H groups in total. The Balaban J connectivity index is 1.97. The van der Waals surface area contributed by atoms with Gasteiger partial charge in [-0.2, -0.15) is 0 Å². The highest BCUT2D eigenvalue weighted by atomic mass is 15.1. The van der Waals surface area contributed by atoms with Gasteiger partial charge in [0, 0.05) is 6.04 Å². The van der Waals surface area contributed by atoms with E-state index >= 15 is 0 Å². The van der Waals surface area contributed by atoms with Crippen molar-refractivity contribution in [2.24, 2.45) is 0 Å². The van der Waals surface area contributed by atoms with Crippen LogP contribution in [0.25, 0.3) is 22.6 Å². The first-order valence-corrected chi connectivity index (χ1v) is 6.93. The highest BCUT2D eigenvalue weighted by molar-refractivity contribution is 5.81. The van der Waals surface area contributed by atoms with Crippen molar-refractivity contribution in [2.45, 2.75) is 25.8 Å². The molecule has 4 heteroatoms. The van der Waals surface area contributed by atoms with Crippen LogP contribution in [0.15, 0.2) is 36.5 Å². The molecule has 0 bridgehead atoms. The molecule has 1 aliphatic carbocycles. The average molecular weight is 264 g/mol. The molecule has 0 amide bonds. The van der Waals surface area contributed by atoms with Crippen LogP contribution >= 0.6 is 0 Å². The van der Waals surface area contributed by atoms with Crippen molar-refractivity contribution in [3.05, 3.63) is 42.1 Å². The van der Waals surface area contributed by atoms with Crippen LogP contribution in [-0.4, -0.2) is 14.5 Å². The second kappa shape index (κ2) is 4.07. The molecule has 4 rings (SSSR count). The number of nitrogens with zero attached hydrogens (tertiary/aromatic N) is 3. The number of hydrogen-bond donors (Lipinski definition) is 1. The predicted octanol–water partition coefficient (Wildman–Crippen LogP) is 3.32. The summed E-state index contributed by atoms with van der Waals surface area (Å²) in [6, 6.07) is 10.8. The lowest BCUT2D eigenvalue weighted by molar-refractivity contribution is 0.772. The van der Waals surface area contributed by atoms with Gasteiger partial charge in [-0.1, -0.05) is 6.07 Å². The van der Waals surface area contributed by atoms with Crippen molar-refractivity contribution in [3.8, 4) is 11.5 Å². The second-order valence-electron chi connectivity index (χ2n) is 5.51. The predicted molar refractivity (Wildman–Crippen MR) is 80.4 cm³/mol. The van der Waals surface area contributed by atoms with Gasteiger partial charge < -0.3 is 10.3 Å². The summed E-state index contributed by atoms with van der Waals surface area (Å²) < 4.78 is 2.33. The maximum Gasteiger partial charge on any atom is 0.160 e. The smallest absolute Gasteiger partial charge is 0.160 e. The van der Waals surface area contributed by atoms with Gasteiger partial charge in [-0.25, -0.2) is 4.98 Å². The quantitative estimate of drug-likeness (QED) is 0.772. The Hall–Kier alpha value is -2.36. The molecule has 0 atom stereocenters. The number of nitrogens with two attached hydrogens (primary N) is 1. The summed E-state index contributed by atoms with van der Waals surface area (Å²) >= 11 is 0. The summed E-state index contributed by atoms with van der Waals surface area (Å²) in [4.78, 5) is 9.22. The van der Waals surface area contributed by atoms with Crippen molar-refractivity contribution < 1.29 is 0 Å². The standard InChI is InChI=1S/C16H16N4/c1-10-2-7-15-14(8-10)19-16(20(15)12-4-5-12)13-6-3-11(17)9-18-13/h2-3,6-9,12H,4-5,17H2,1H3. The van der Waals surface area contributed by atoms with Gasteiger partial charge in [0.1, 0.15) is 5.69 Å². The van der Waals surface area contributed by atoms with Crippen molar-refractivity contribution in [2.75, 3.05) is 5.73 Å². The van der Waals surface area contributed by atoms with E-state index in [1.807, 2.05) is 12.1 Å². The summed E-state index contributed by atoms with van der Waals surface area (Å²) in [5.74, 6) is 0.952. The zero-order valence-electron chi connectivity index (χ0n) is 11.4. The molecular formula is C16H16N4. The number of aromatic nitrogens is 3. The number of hydrogen-bond acceptors (Lipinski definition) is 3. The zero-order valence-corrected chi connectivity index (χ0v) is 11.4. The number of pyridine rings is 1. The van der Waals surface area contributed by atoms with E-state index in [1.54, 1.807) is 6.20 Å². The SMILES string of the molecule is Cc1ccc2c(c1)nc(-c1ccc(N)cn1)n2C1CC1. The third kappa shape index (κ3) is 1.76. The minimum Gasteiger partial charge on any atom is -0.397 e. The number of aryl methyl sites for hydroxylation is 1. The van der Waals surface area contributed by atoms with Gasteiger partial charge in [-0.15, -0.1) is 0 Å². The fourth-order valence-corrected chi connectivity index (χ4v) is 2.63. The molecule has 100 valence electrons. The summed E-state index contributed by atoms with van der Waals surface area (Å²) in [5.41, 5.74) is 10.8. The maximum atomic E-state index is 5.72. The number of anilines is 1. The van der Waals surface area contributed by atoms with E-state index in [4.69, 9.17) is 10.7 Å². The number of benzene rings is 1. The monoisotopic (exact) mass is 264 g/mol. The Morgan fingerprint density at radius 3 is 2.75 bits per heavy atom. The Labute approximate surface area is 117 Å². The Bertz CT molecular complexity index is 782. The van der Waals surface area contributed by atoms with Gasteiger partial charge in [0.05, 0.1) is 22.9 Å². The molecule has 2 heterocycles. The average Bonchev–Trinajstić information content (AvgIpc) is 3.20. The Morgan fingerprint density at radius 1 is 1.20 bits per heavy atom. The van der Waals surface area contributed by atoms with E-state index in [2.05, 4.69) is 34.7 Å². The van der Waals surface area contributed by atoms with Crippen LogP contribution in [0, 0.1) is 6.92 Å². The van der Waals surface area contributed by atoms with E-state index in [-0.39, 0.29) is 0 Å². The van der Waals surface area contributed by atoms with Crippen LogP contribution in [-0.2, 0) is 0 Å². The fraction of sp³-hybridized carbons (Fsp3) is 0.250. The van der Waals surface area contributed by atoms with Crippen molar-refractivity contribution in [3.63, 3.8) is 0 Å². The molecule has 0 spiro atoms. The van der Waals surface area contributed by atoms with E-state index < -0.39 is 0 Å². The van der Waals surface area contributed by atoms with E-state index in [1.165, 1.54) is 23.9 Å². The summed E-state index contributed by atoms with van der Waals surface area (Å²) in [5, 5.41) is 0. The van der Waals surface area contributed by atoms with Crippen molar-refractivity contribution in [1.82, 2.24) is 14.5 Å². The van der Waals surface area contributed by atoms with Gasteiger partial charge in [-0.3, -0.25) is 4.98 Å². The van der Waals surface area contributed by atoms with Crippen LogP contribution in [0.1, 0.15) is 24.4 Å². The number of nitrogen functional groups attached to an aromatic ring is 1. The molecule has 3 aromatic rings. The molecule has 2 aromatic heterocycles. The van der Waals surface area contributed by atoms with Gasteiger partial charge in [0.25, 0.3) is 0 Å². The summed E-state index contributed by atoms with van der Waals surface area (Å²) in [6.45, 7) is 2.09. The number of imidazole rings is 1. The van der Waals surface area contributed by atoms with Crippen LogP contribution in [0.5, 0.6) is 0 Å². The zero-order chi connectivity index (χ0) is 13.7. The lowest BCUT2D eigenvalue weighted by atomic mass is 10.2. The third-order valence-corrected chi connectivity index (χ3v) is 3.77. The van der Waals surface area contributed by atoms with Crippen molar-refractivity contribution in [1.29, 1.82) is 0 Å². The number of fused-ring (bicyclic) bond motifs is 1. The molecule has 0 radical (unpaired) electrons. The molecule has 0 aliphatic heterocycles. The molecule has 1 aromatic carbocycles. The minimum absolute atomic E-state index is 0.567. The van der Waals surface area contributed by atoms with Crippen LogP contribution in [0.3, 0.4) is 0 Å². The van der Waals surface area contributed by atoms with E-state index in [0.717, 1.165) is 17.0 Å². The fourth-order valence-electron chi connectivity index (χ4n) is 2.63. The van der Waals surface area contributed by atoms with Gasteiger partial charge >= 0.3 is 0 Å². The lowest BCUT2D eigenvalue weighted by Crippen LogP contribution is -1.99. The maximum absolute atomic E-state index is 5.72. The molecule has 1 fully saturated rings. The molecule has 1 aliphatic rings. The summed E-state index contributed by atoms with van der Waals surface area (Å²) in [6.07, 6.45) is 4.14. The van der Waals surface area contributed by atoms with Crippen molar-refractivity contribution >= 4 is 16.7 Å². The molecule has 0 saturated heterocycles. The van der Waals surface area contributed by atoms with Crippen LogP contribution in [0.4, 0.5) is 5.69 Å². The summed E-state index contributed by atoms with van der Waals surface area (Å²) in [7, 11) is 0. The van der Waals surface area contributed by atoms with Gasteiger partial charge in [0.2, 0.25) is 0 Å². The van der Waals surface area contributed by atoms with Gasteiger partial charge in [-0.05, 0) is 49.6 Å².